The van der Waals surface area contributed by atoms with Crippen LogP contribution in [-0.2, 0) is 11.3 Å². The Morgan fingerprint density at radius 1 is 1.57 bits per heavy atom. The van der Waals surface area contributed by atoms with E-state index in [9.17, 15) is 9.59 Å². The van der Waals surface area contributed by atoms with Gasteiger partial charge in [-0.25, -0.2) is 4.79 Å². The Kier molecular flexibility index (Phi) is 3.17. The lowest BCUT2D eigenvalue weighted by atomic mass is 10.1. The van der Waals surface area contributed by atoms with Gasteiger partial charge < -0.3 is 0 Å². The van der Waals surface area contributed by atoms with Gasteiger partial charge in [0.15, 0.2) is 5.78 Å². The molecule has 1 aromatic rings. The summed E-state index contributed by atoms with van der Waals surface area (Å²) in [6, 6.07) is 1.72. The molecule has 0 radical (unpaired) electrons. The zero-order valence-electron chi connectivity index (χ0n) is 8.65. The molecular formula is C10H14N2O2. The summed E-state index contributed by atoms with van der Waals surface area (Å²) >= 11 is 0. The van der Waals surface area contributed by atoms with Crippen LogP contribution in [0.1, 0.15) is 19.5 Å². The highest BCUT2D eigenvalue weighted by atomic mass is 16.2. The van der Waals surface area contributed by atoms with Crippen LogP contribution in [0.15, 0.2) is 17.1 Å². The lowest BCUT2D eigenvalue weighted by Crippen LogP contribution is -2.27. The maximum absolute atomic E-state index is 11.4. The third-order valence-corrected chi connectivity index (χ3v) is 1.98. The van der Waals surface area contributed by atoms with Gasteiger partial charge in [-0.3, -0.25) is 9.36 Å². The third-order valence-electron chi connectivity index (χ3n) is 1.98. The molecule has 14 heavy (non-hydrogen) atoms. The maximum Gasteiger partial charge on any atom is 0.348 e. The van der Waals surface area contributed by atoms with E-state index in [0.29, 0.717) is 5.69 Å². The van der Waals surface area contributed by atoms with Crippen LogP contribution in [0.2, 0.25) is 0 Å². The first-order valence-electron chi connectivity index (χ1n) is 4.57. The van der Waals surface area contributed by atoms with E-state index in [4.69, 9.17) is 0 Å². The van der Waals surface area contributed by atoms with Gasteiger partial charge in [-0.2, -0.15) is 4.98 Å². The summed E-state index contributed by atoms with van der Waals surface area (Å²) in [5.74, 6) is -0.0130. The number of ketones is 1. The number of nitrogens with zero attached hydrogens (tertiary/aromatic N) is 2. The van der Waals surface area contributed by atoms with Crippen molar-refractivity contribution in [3.63, 3.8) is 0 Å². The summed E-state index contributed by atoms with van der Waals surface area (Å²) in [5, 5.41) is 0. The van der Waals surface area contributed by atoms with Gasteiger partial charge >= 0.3 is 5.69 Å². The van der Waals surface area contributed by atoms with Gasteiger partial charge in [-0.15, -0.1) is 0 Å². The minimum absolute atomic E-state index is 0.0396. The molecule has 4 nitrogen and oxygen atoms in total. The van der Waals surface area contributed by atoms with E-state index < -0.39 is 0 Å². The van der Waals surface area contributed by atoms with E-state index in [1.54, 1.807) is 19.2 Å². The Hall–Kier alpha value is -1.45. The monoisotopic (exact) mass is 194 g/mol. The summed E-state index contributed by atoms with van der Waals surface area (Å²) in [6.07, 6.45) is 1.60. The lowest BCUT2D eigenvalue weighted by molar-refractivity contribution is -0.122. The van der Waals surface area contributed by atoms with Crippen molar-refractivity contribution in [1.82, 2.24) is 9.55 Å². The number of hydrogen-bond acceptors (Lipinski definition) is 3. The first kappa shape index (κ1) is 10.6. The fraction of sp³-hybridized carbons (Fsp3) is 0.500. The first-order valence-corrected chi connectivity index (χ1v) is 4.57. The van der Waals surface area contributed by atoms with Crippen LogP contribution in [0.4, 0.5) is 0 Å². The number of aryl methyl sites for hydroxylation is 1. The first-order chi connectivity index (χ1) is 6.50. The van der Waals surface area contributed by atoms with Crippen molar-refractivity contribution in [3.8, 4) is 0 Å². The van der Waals surface area contributed by atoms with E-state index >= 15 is 0 Å². The van der Waals surface area contributed by atoms with E-state index in [1.165, 1.54) is 4.57 Å². The normalized spacial score (nSPS) is 10.6. The molecule has 0 saturated heterocycles. The van der Waals surface area contributed by atoms with Crippen molar-refractivity contribution in [2.75, 3.05) is 0 Å². The molecule has 0 amide bonds. The van der Waals surface area contributed by atoms with Crippen LogP contribution < -0.4 is 5.69 Å². The molecule has 0 unspecified atom stereocenters. The fourth-order valence-corrected chi connectivity index (χ4v) is 0.985. The SMILES string of the molecule is Cc1ccn(CC(=O)C(C)C)c(=O)n1. The highest BCUT2D eigenvalue weighted by Crippen LogP contribution is 1.96. The Bertz CT molecular complexity index is 393. The largest absolute Gasteiger partial charge is 0.348 e. The van der Waals surface area contributed by atoms with Crippen molar-refractivity contribution in [3.05, 3.63) is 28.4 Å². The van der Waals surface area contributed by atoms with Gasteiger partial charge in [0.05, 0.1) is 6.54 Å². The molecule has 1 rings (SSSR count). The summed E-state index contributed by atoms with van der Waals surface area (Å²) in [7, 11) is 0. The summed E-state index contributed by atoms with van der Waals surface area (Å²) in [5.41, 5.74) is 0.308. The highest BCUT2D eigenvalue weighted by molar-refractivity contribution is 5.80. The van der Waals surface area contributed by atoms with Gasteiger partial charge in [0.2, 0.25) is 0 Å². The van der Waals surface area contributed by atoms with Crippen molar-refractivity contribution < 1.29 is 4.79 Å². The molecule has 0 saturated carbocycles. The summed E-state index contributed by atoms with van der Waals surface area (Å²) < 4.78 is 1.33. The van der Waals surface area contributed by atoms with Crippen molar-refractivity contribution in [1.29, 1.82) is 0 Å². The van der Waals surface area contributed by atoms with E-state index in [2.05, 4.69) is 4.98 Å². The average Bonchev–Trinajstić information content (AvgIpc) is 2.09. The fourth-order valence-electron chi connectivity index (χ4n) is 0.985. The Labute approximate surface area is 82.6 Å². The molecule has 0 bridgehead atoms. The second-order valence-electron chi connectivity index (χ2n) is 3.60. The molecule has 0 fully saturated rings. The molecule has 0 atom stereocenters. The number of Topliss-reactive ketones (excluding diaryl/α,β-unsaturated/α-hetero) is 1. The molecule has 0 aromatic carbocycles. The van der Waals surface area contributed by atoms with Crippen molar-refractivity contribution in [2.24, 2.45) is 5.92 Å². The molecule has 0 aliphatic heterocycles. The Morgan fingerprint density at radius 2 is 2.21 bits per heavy atom. The van der Waals surface area contributed by atoms with Crippen LogP contribution in [0.25, 0.3) is 0 Å². The molecule has 0 N–H and O–H groups in total. The predicted octanol–water partition coefficient (Wildman–Crippen LogP) is 0.777. The molecular weight excluding hydrogens is 180 g/mol. The molecule has 0 spiro atoms. The quantitative estimate of drug-likeness (QED) is 0.714. The van der Waals surface area contributed by atoms with Crippen LogP contribution in [0.5, 0.6) is 0 Å². The molecule has 0 aliphatic carbocycles. The number of carbonyl (C=O) groups is 1. The maximum atomic E-state index is 11.4. The highest BCUT2D eigenvalue weighted by Gasteiger charge is 2.08. The van der Waals surface area contributed by atoms with Gasteiger partial charge in [0, 0.05) is 17.8 Å². The summed E-state index contributed by atoms with van der Waals surface area (Å²) in [4.78, 5) is 26.4. The minimum atomic E-state index is -0.362. The molecule has 4 heteroatoms. The van der Waals surface area contributed by atoms with Crippen molar-refractivity contribution >= 4 is 5.78 Å². The van der Waals surface area contributed by atoms with Gasteiger partial charge in [-0.1, -0.05) is 13.8 Å². The molecule has 76 valence electrons. The molecule has 0 aliphatic rings. The van der Waals surface area contributed by atoms with E-state index in [0.717, 1.165) is 0 Å². The lowest BCUT2D eigenvalue weighted by Gasteiger charge is -2.06. The van der Waals surface area contributed by atoms with Crippen LogP contribution >= 0.6 is 0 Å². The topological polar surface area (TPSA) is 52.0 Å². The van der Waals surface area contributed by atoms with Gasteiger partial charge in [0.25, 0.3) is 0 Å². The minimum Gasteiger partial charge on any atom is -0.297 e. The van der Waals surface area contributed by atoms with E-state index in [1.807, 2.05) is 13.8 Å². The second kappa shape index (κ2) is 4.17. The number of hydrogen-bond donors (Lipinski definition) is 0. The van der Waals surface area contributed by atoms with Gasteiger partial charge in [0.1, 0.15) is 0 Å². The second-order valence-corrected chi connectivity index (χ2v) is 3.60. The number of carbonyl (C=O) groups excluding carboxylic acids is 1. The Balaban J connectivity index is 2.88. The van der Waals surface area contributed by atoms with E-state index in [-0.39, 0.29) is 23.9 Å². The van der Waals surface area contributed by atoms with Gasteiger partial charge in [-0.05, 0) is 13.0 Å². The van der Waals surface area contributed by atoms with Crippen LogP contribution in [0, 0.1) is 12.8 Å². The average molecular weight is 194 g/mol. The standard InChI is InChI=1S/C10H14N2O2/c1-7(2)9(13)6-12-5-4-8(3)11-10(12)14/h4-5,7H,6H2,1-3H3. The summed E-state index contributed by atoms with van der Waals surface area (Å²) in [6.45, 7) is 5.49. The smallest absolute Gasteiger partial charge is 0.297 e. The third kappa shape index (κ3) is 2.52. The zero-order valence-corrected chi connectivity index (χ0v) is 8.65. The Morgan fingerprint density at radius 3 is 2.71 bits per heavy atom. The zero-order chi connectivity index (χ0) is 10.7. The van der Waals surface area contributed by atoms with Crippen molar-refractivity contribution in [2.45, 2.75) is 27.3 Å². The predicted molar refractivity (Wildman–Crippen MR) is 53.1 cm³/mol. The molecule has 1 aromatic heterocycles. The number of aromatic nitrogens is 2. The van der Waals surface area contributed by atoms with Crippen LogP contribution in [-0.4, -0.2) is 15.3 Å². The van der Waals surface area contributed by atoms with Crippen LogP contribution in [0.3, 0.4) is 0 Å². The molecule has 1 heterocycles. The number of rotatable bonds is 3.